The molecule has 1 aromatic heterocycles. The van der Waals surface area contributed by atoms with Crippen LogP contribution in [-0.4, -0.2) is 12.1 Å². The van der Waals surface area contributed by atoms with Crippen molar-refractivity contribution in [2.75, 3.05) is 12.6 Å². The molecule has 0 amide bonds. The number of pyridine rings is 1. The first-order chi connectivity index (χ1) is 7.40. The van der Waals surface area contributed by atoms with Crippen molar-refractivity contribution >= 4 is 16.6 Å². The number of hydrogen-bond acceptors (Lipinski definition) is 3. The molecule has 2 aromatic rings. The van der Waals surface area contributed by atoms with Crippen LogP contribution in [0.5, 0.6) is 0 Å². The van der Waals surface area contributed by atoms with Crippen molar-refractivity contribution < 1.29 is 4.84 Å². The van der Waals surface area contributed by atoms with Gasteiger partial charge in [-0.1, -0.05) is 19.9 Å². The molecule has 0 unspecified atom stereocenters. The van der Waals surface area contributed by atoms with Crippen LogP contribution in [0.15, 0.2) is 36.5 Å². The first kappa shape index (κ1) is 11.5. The Bertz CT molecular complexity index is 415. The predicted molar refractivity (Wildman–Crippen MR) is 63.7 cm³/mol. The number of hydrogen-bond donors (Lipinski definition) is 1. The maximum Gasteiger partial charge on any atom is 0.0703 e. The summed E-state index contributed by atoms with van der Waals surface area (Å²) in [6, 6.07) is 9.81. The van der Waals surface area contributed by atoms with Crippen molar-refractivity contribution in [1.82, 2.24) is 4.98 Å². The Labute approximate surface area is 90.1 Å². The fourth-order valence-corrected chi connectivity index (χ4v) is 1.26. The molecule has 80 valence electrons. The molecule has 0 spiro atoms. The molecule has 0 radical (unpaired) electrons. The van der Waals surface area contributed by atoms with E-state index in [0.29, 0.717) is 0 Å². The van der Waals surface area contributed by atoms with E-state index >= 15 is 0 Å². The first-order valence-corrected chi connectivity index (χ1v) is 5.04. The highest BCUT2D eigenvalue weighted by molar-refractivity contribution is 5.81. The predicted octanol–water partition coefficient (Wildman–Crippen LogP) is 3.23. The molecule has 0 fully saturated rings. The minimum absolute atomic E-state index is 0.933. The molecule has 15 heavy (non-hydrogen) atoms. The summed E-state index contributed by atoms with van der Waals surface area (Å²) in [7, 11) is 1.59. The molecule has 0 aliphatic carbocycles. The summed E-state index contributed by atoms with van der Waals surface area (Å²) < 4.78 is 0. The maximum absolute atomic E-state index is 4.81. The van der Waals surface area contributed by atoms with Crippen LogP contribution in [0.3, 0.4) is 0 Å². The highest BCUT2D eigenvalue weighted by atomic mass is 16.6. The number of fused-ring (bicyclic) bond motifs is 1. The standard InChI is InChI=1S/C10H10N2O.C2H6/c1-13-12-9-4-5-10-8(7-9)3-2-6-11-10;1-2/h2-7,12H,1H3;1-2H3. The fourth-order valence-electron chi connectivity index (χ4n) is 1.26. The van der Waals surface area contributed by atoms with Gasteiger partial charge in [-0.3, -0.25) is 15.3 Å². The molecule has 0 bridgehead atoms. The third kappa shape index (κ3) is 2.92. The van der Waals surface area contributed by atoms with Crippen LogP contribution in [0.25, 0.3) is 10.9 Å². The van der Waals surface area contributed by atoms with Crippen LogP contribution in [0.1, 0.15) is 13.8 Å². The van der Waals surface area contributed by atoms with E-state index in [1.807, 2.05) is 44.2 Å². The van der Waals surface area contributed by atoms with Crippen molar-refractivity contribution in [2.24, 2.45) is 0 Å². The van der Waals surface area contributed by atoms with Gasteiger partial charge < -0.3 is 0 Å². The van der Waals surface area contributed by atoms with Crippen molar-refractivity contribution in [1.29, 1.82) is 0 Å². The molecule has 1 heterocycles. The maximum atomic E-state index is 4.81. The van der Waals surface area contributed by atoms with Gasteiger partial charge in [0.15, 0.2) is 0 Å². The highest BCUT2D eigenvalue weighted by Gasteiger charge is 1.94. The second kappa shape index (κ2) is 5.98. The SMILES string of the molecule is CC.CONc1ccc2ncccc2c1. The average Bonchev–Trinajstić information content (AvgIpc) is 2.32. The van der Waals surface area contributed by atoms with Gasteiger partial charge in [0.2, 0.25) is 0 Å². The molecule has 2 rings (SSSR count). The lowest BCUT2D eigenvalue weighted by atomic mass is 10.2. The molecule has 0 aliphatic rings. The van der Waals surface area contributed by atoms with Crippen molar-refractivity contribution in [3.63, 3.8) is 0 Å². The van der Waals surface area contributed by atoms with E-state index in [0.717, 1.165) is 16.6 Å². The molecule has 0 aliphatic heterocycles. The van der Waals surface area contributed by atoms with Gasteiger partial charge in [0.1, 0.15) is 0 Å². The summed E-state index contributed by atoms with van der Waals surface area (Å²) in [5.41, 5.74) is 4.70. The van der Waals surface area contributed by atoms with Gasteiger partial charge in [0.25, 0.3) is 0 Å². The van der Waals surface area contributed by atoms with E-state index < -0.39 is 0 Å². The van der Waals surface area contributed by atoms with Crippen LogP contribution in [-0.2, 0) is 4.84 Å². The Kier molecular flexibility index (Phi) is 4.57. The Morgan fingerprint density at radius 1 is 1.20 bits per heavy atom. The van der Waals surface area contributed by atoms with E-state index in [1.165, 1.54) is 0 Å². The number of nitrogens with zero attached hydrogens (tertiary/aromatic N) is 1. The minimum atomic E-state index is 0.933. The number of nitrogens with one attached hydrogen (secondary N) is 1. The normalized spacial score (nSPS) is 9.27. The second-order valence-corrected chi connectivity index (χ2v) is 2.72. The monoisotopic (exact) mass is 204 g/mol. The zero-order valence-corrected chi connectivity index (χ0v) is 9.32. The molecule has 0 saturated heterocycles. The summed E-state index contributed by atoms with van der Waals surface area (Å²) in [6.07, 6.45) is 1.78. The van der Waals surface area contributed by atoms with Crippen molar-refractivity contribution in [3.05, 3.63) is 36.5 Å². The summed E-state index contributed by atoms with van der Waals surface area (Å²) >= 11 is 0. The second-order valence-electron chi connectivity index (χ2n) is 2.72. The van der Waals surface area contributed by atoms with Gasteiger partial charge in [-0.25, -0.2) is 0 Å². The number of benzene rings is 1. The van der Waals surface area contributed by atoms with E-state index in [9.17, 15) is 0 Å². The zero-order chi connectivity index (χ0) is 11.1. The highest BCUT2D eigenvalue weighted by Crippen LogP contribution is 2.16. The summed E-state index contributed by atoms with van der Waals surface area (Å²) in [6.45, 7) is 4.00. The van der Waals surface area contributed by atoms with Gasteiger partial charge in [0.05, 0.1) is 18.3 Å². The van der Waals surface area contributed by atoms with Crippen LogP contribution in [0.2, 0.25) is 0 Å². The quantitative estimate of drug-likeness (QED) is 0.762. The van der Waals surface area contributed by atoms with E-state index in [4.69, 9.17) is 4.84 Å². The van der Waals surface area contributed by atoms with Crippen LogP contribution < -0.4 is 5.48 Å². The topological polar surface area (TPSA) is 34.1 Å². The largest absolute Gasteiger partial charge is 0.279 e. The number of aromatic nitrogens is 1. The fraction of sp³-hybridized carbons (Fsp3) is 0.250. The lowest BCUT2D eigenvalue weighted by Gasteiger charge is -2.03. The Balaban J connectivity index is 0.000000531. The number of anilines is 1. The number of rotatable bonds is 2. The van der Waals surface area contributed by atoms with E-state index in [1.54, 1.807) is 13.3 Å². The van der Waals surface area contributed by atoms with Gasteiger partial charge in [-0.05, 0) is 24.3 Å². The van der Waals surface area contributed by atoms with Crippen molar-refractivity contribution in [3.8, 4) is 0 Å². The van der Waals surface area contributed by atoms with Crippen LogP contribution >= 0.6 is 0 Å². The summed E-state index contributed by atoms with van der Waals surface area (Å²) in [4.78, 5) is 9.02. The summed E-state index contributed by atoms with van der Waals surface area (Å²) in [5, 5.41) is 1.10. The zero-order valence-electron chi connectivity index (χ0n) is 9.32. The molecule has 0 atom stereocenters. The average molecular weight is 204 g/mol. The Morgan fingerprint density at radius 3 is 2.73 bits per heavy atom. The van der Waals surface area contributed by atoms with E-state index in [-0.39, 0.29) is 0 Å². The molecule has 1 N–H and O–H groups in total. The third-order valence-electron chi connectivity index (χ3n) is 1.82. The summed E-state index contributed by atoms with van der Waals surface area (Å²) in [5.74, 6) is 0. The molecule has 1 aromatic carbocycles. The lowest BCUT2D eigenvalue weighted by Crippen LogP contribution is -1.94. The van der Waals surface area contributed by atoms with Crippen LogP contribution in [0, 0.1) is 0 Å². The van der Waals surface area contributed by atoms with Gasteiger partial charge in [-0.15, -0.1) is 0 Å². The van der Waals surface area contributed by atoms with Crippen LogP contribution in [0.4, 0.5) is 5.69 Å². The lowest BCUT2D eigenvalue weighted by molar-refractivity contribution is 0.271. The molecule has 3 nitrogen and oxygen atoms in total. The molecule has 3 heteroatoms. The third-order valence-corrected chi connectivity index (χ3v) is 1.82. The van der Waals surface area contributed by atoms with Crippen molar-refractivity contribution in [2.45, 2.75) is 13.8 Å². The van der Waals surface area contributed by atoms with Gasteiger partial charge >= 0.3 is 0 Å². The van der Waals surface area contributed by atoms with Gasteiger partial charge in [-0.2, -0.15) is 0 Å². The molecular weight excluding hydrogens is 188 g/mol. The van der Waals surface area contributed by atoms with Gasteiger partial charge in [0, 0.05) is 11.6 Å². The Morgan fingerprint density at radius 2 is 2.00 bits per heavy atom. The molecular formula is C12H16N2O. The Hall–Kier alpha value is -1.61. The smallest absolute Gasteiger partial charge is 0.0703 e. The van der Waals surface area contributed by atoms with E-state index in [2.05, 4.69) is 10.5 Å². The molecule has 0 saturated carbocycles. The first-order valence-electron chi connectivity index (χ1n) is 5.04. The minimum Gasteiger partial charge on any atom is -0.279 e.